The molecule has 0 aliphatic carbocycles. The first-order valence-electron chi connectivity index (χ1n) is 7.77. The Kier molecular flexibility index (Phi) is 6.83. The first-order valence-corrected chi connectivity index (χ1v) is 10.1. The van der Waals surface area contributed by atoms with E-state index < -0.39 is 20.9 Å². The summed E-state index contributed by atoms with van der Waals surface area (Å²) in [7, 11) is -3.92. The molecule has 0 unspecified atom stereocenters. The van der Waals surface area contributed by atoms with E-state index >= 15 is 0 Å². The second kappa shape index (κ2) is 8.88. The van der Waals surface area contributed by atoms with Gasteiger partial charge in [-0.1, -0.05) is 6.07 Å². The van der Waals surface area contributed by atoms with Gasteiger partial charge in [-0.15, -0.1) is 11.3 Å². The molecule has 2 rings (SSSR count). The molecular formula is C16H18N2O6S2. The molecule has 0 spiro atoms. The lowest BCUT2D eigenvalue weighted by molar-refractivity contribution is -0.384. The highest BCUT2D eigenvalue weighted by Crippen LogP contribution is 2.23. The third kappa shape index (κ3) is 5.10. The first-order chi connectivity index (χ1) is 12.3. The van der Waals surface area contributed by atoms with Gasteiger partial charge >= 0.3 is 5.97 Å². The molecule has 0 atom stereocenters. The Morgan fingerprint density at radius 1 is 1.27 bits per heavy atom. The number of thiophene rings is 1. The molecule has 0 radical (unpaired) electrons. The Labute approximate surface area is 155 Å². The predicted molar refractivity (Wildman–Crippen MR) is 96.3 cm³/mol. The molecule has 0 saturated carbocycles. The summed E-state index contributed by atoms with van der Waals surface area (Å²) in [6, 6.07) is 8.27. The summed E-state index contributed by atoms with van der Waals surface area (Å²) in [4.78, 5) is 22.5. The third-order valence-corrected chi connectivity index (χ3v) is 6.19. The second-order valence-electron chi connectivity index (χ2n) is 5.22. The zero-order valence-corrected chi connectivity index (χ0v) is 15.7. The fourth-order valence-corrected chi connectivity index (χ4v) is 4.42. The summed E-state index contributed by atoms with van der Waals surface area (Å²) in [5, 5.41) is 12.6. The van der Waals surface area contributed by atoms with Crippen molar-refractivity contribution in [2.75, 3.05) is 13.2 Å². The van der Waals surface area contributed by atoms with E-state index in [0.717, 1.165) is 17.0 Å². The van der Waals surface area contributed by atoms with Gasteiger partial charge in [-0.25, -0.2) is 8.42 Å². The highest BCUT2D eigenvalue weighted by molar-refractivity contribution is 7.89. The maximum Gasteiger partial charge on any atom is 0.307 e. The number of carbonyl (C=O) groups excluding carboxylic acids is 1. The van der Waals surface area contributed by atoms with E-state index in [1.165, 1.54) is 27.8 Å². The number of hydrogen-bond donors (Lipinski definition) is 0. The van der Waals surface area contributed by atoms with E-state index in [-0.39, 0.29) is 36.7 Å². The molecule has 8 nitrogen and oxygen atoms in total. The molecule has 140 valence electrons. The van der Waals surface area contributed by atoms with Gasteiger partial charge in [-0.3, -0.25) is 14.9 Å². The number of carbonyl (C=O) groups is 1. The first kappa shape index (κ1) is 20.0. The molecule has 0 fully saturated rings. The van der Waals surface area contributed by atoms with Gasteiger partial charge in [0, 0.05) is 30.1 Å². The summed E-state index contributed by atoms with van der Waals surface area (Å²) in [6.45, 7) is 1.96. The SMILES string of the molecule is CCOC(=O)CCN(Cc1cccs1)S(=O)(=O)c1ccc([N+](=O)[O-])cc1. The molecule has 0 bridgehead atoms. The zero-order chi connectivity index (χ0) is 19.2. The molecule has 2 aromatic rings. The van der Waals surface area contributed by atoms with Gasteiger partial charge in [0.2, 0.25) is 10.0 Å². The van der Waals surface area contributed by atoms with Gasteiger partial charge < -0.3 is 4.74 Å². The lowest BCUT2D eigenvalue weighted by Crippen LogP contribution is -2.32. The van der Waals surface area contributed by atoms with Crippen molar-refractivity contribution in [1.82, 2.24) is 4.31 Å². The number of esters is 1. The van der Waals surface area contributed by atoms with E-state index in [1.54, 1.807) is 13.0 Å². The normalized spacial score (nSPS) is 11.5. The molecule has 26 heavy (non-hydrogen) atoms. The number of nitro groups is 1. The van der Waals surface area contributed by atoms with Crippen molar-refractivity contribution in [3.8, 4) is 0 Å². The number of non-ortho nitro benzene ring substituents is 1. The molecule has 1 heterocycles. The van der Waals surface area contributed by atoms with Crippen LogP contribution in [0.5, 0.6) is 0 Å². The van der Waals surface area contributed by atoms with Crippen LogP contribution in [0, 0.1) is 10.1 Å². The van der Waals surface area contributed by atoms with E-state index in [4.69, 9.17) is 4.74 Å². The molecule has 0 saturated heterocycles. The van der Waals surface area contributed by atoms with Crippen molar-refractivity contribution >= 4 is 33.0 Å². The number of sulfonamides is 1. The number of ether oxygens (including phenoxy) is 1. The van der Waals surface area contributed by atoms with Crippen LogP contribution in [0.15, 0.2) is 46.7 Å². The van der Waals surface area contributed by atoms with E-state index in [2.05, 4.69) is 0 Å². The number of benzene rings is 1. The Hall–Kier alpha value is -2.30. The Bertz CT molecular complexity index is 847. The van der Waals surface area contributed by atoms with Crippen LogP contribution in [-0.4, -0.2) is 36.8 Å². The van der Waals surface area contributed by atoms with Crippen LogP contribution in [0.4, 0.5) is 5.69 Å². The van der Waals surface area contributed by atoms with E-state index in [1.807, 2.05) is 11.4 Å². The highest BCUT2D eigenvalue weighted by atomic mass is 32.2. The van der Waals surface area contributed by atoms with Crippen LogP contribution in [0.1, 0.15) is 18.2 Å². The fourth-order valence-electron chi connectivity index (χ4n) is 2.20. The van der Waals surface area contributed by atoms with Crippen LogP contribution < -0.4 is 0 Å². The summed E-state index contributed by atoms with van der Waals surface area (Å²) in [5.41, 5.74) is -0.194. The summed E-state index contributed by atoms with van der Waals surface area (Å²) >= 11 is 1.40. The van der Waals surface area contributed by atoms with Crippen molar-refractivity contribution in [3.05, 3.63) is 56.8 Å². The molecule has 1 aromatic heterocycles. The lowest BCUT2D eigenvalue weighted by Gasteiger charge is -2.21. The lowest BCUT2D eigenvalue weighted by atomic mass is 10.3. The molecule has 0 aliphatic rings. The monoisotopic (exact) mass is 398 g/mol. The average molecular weight is 398 g/mol. The van der Waals surface area contributed by atoms with Gasteiger partial charge in [0.25, 0.3) is 5.69 Å². The molecule has 0 N–H and O–H groups in total. The average Bonchev–Trinajstić information content (AvgIpc) is 3.12. The van der Waals surface area contributed by atoms with Crippen molar-refractivity contribution < 1.29 is 22.9 Å². The fraction of sp³-hybridized carbons (Fsp3) is 0.312. The molecule has 1 aromatic carbocycles. The van der Waals surface area contributed by atoms with E-state index in [0.29, 0.717) is 0 Å². The maximum absolute atomic E-state index is 12.9. The zero-order valence-electron chi connectivity index (χ0n) is 14.0. The molecule has 10 heteroatoms. The van der Waals surface area contributed by atoms with Gasteiger partial charge in [0.1, 0.15) is 0 Å². The van der Waals surface area contributed by atoms with Crippen LogP contribution in [0.3, 0.4) is 0 Å². The minimum atomic E-state index is -3.92. The van der Waals surface area contributed by atoms with Gasteiger partial charge in [-0.05, 0) is 30.5 Å². The van der Waals surface area contributed by atoms with Crippen molar-refractivity contribution in [1.29, 1.82) is 0 Å². The molecular weight excluding hydrogens is 380 g/mol. The van der Waals surface area contributed by atoms with Gasteiger partial charge in [0.05, 0.1) is 22.8 Å². The van der Waals surface area contributed by atoms with Crippen LogP contribution in [-0.2, 0) is 26.1 Å². The van der Waals surface area contributed by atoms with Crippen LogP contribution in [0.25, 0.3) is 0 Å². The minimum Gasteiger partial charge on any atom is -0.466 e. The van der Waals surface area contributed by atoms with Gasteiger partial charge in [-0.2, -0.15) is 4.31 Å². The molecule has 0 aliphatic heterocycles. The number of rotatable bonds is 9. The standard InChI is InChI=1S/C16H18N2O6S2/c1-2-24-16(19)9-10-17(12-14-4-3-11-25-14)26(22,23)15-7-5-13(6-8-15)18(20)21/h3-8,11H,2,9-10,12H2,1H3. The maximum atomic E-state index is 12.9. The van der Waals surface area contributed by atoms with Crippen LogP contribution in [0.2, 0.25) is 0 Å². The van der Waals surface area contributed by atoms with Crippen molar-refractivity contribution in [2.24, 2.45) is 0 Å². The van der Waals surface area contributed by atoms with E-state index in [9.17, 15) is 23.3 Å². The number of nitrogens with zero attached hydrogens (tertiary/aromatic N) is 2. The second-order valence-corrected chi connectivity index (χ2v) is 8.19. The summed E-state index contributed by atoms with van der Waals surface area (Å²) in [6.07, 6.45) is -0.0779. The largest absolute Gasteiger partial charge is 0.466 e. The Morgan fingerprint density at radius 3 is 2.50 bits per heavy atom. The van der Waals surface area contributed by atoms with Crippen LogP contribution >= 0.6 is 11.3 Å². The molecule has 0 amide bonds. The summed E-state index contributed by atoms with van der Waals surface area (Å²) < 4.78 is 31.9. The smallest absolute Gasteiger partial charge is 0.307 e. The minimum absolute atomic E-state index is 0.0456. The number of hydrogen-bond acceptors (Lipinski definition) is 7. The van der Waals surface area contributed by atoms with Gasteiger partial charge in [0.15, 0.2) is 0 Å². The predicted octanol–water partition coefficient (Wildman–Crippen LogP) is 2.80. The quantitative estimate of drug-likeness (QED) is 0.365. The highest BCUT2D eigenvalue weighted by Gasteiger charge is 2.26. The topological polar surface area (TPSA) is 107 Å². The number of nitro benzene ring substituents is 1. The summed E-state index contributed by atoms with van der Waals surface area (Å²) in [5.74, 6) is -0.484. The van der Waals surface area contributed by atoms with Crippen molar-refractivity contribution in [2.45, 2.75) is 24.8 Å². The Balaban J connectivity index is 2.25. The van der Waals surface area contributed by atoms with Crippen molar-refractivity contribution in [3.63, 3.8) is 0 Å². The Morgan fingerprint density at radius 2 is 1.96 bits per heavy atom. The third-order valence-electron chi connectivity index (χ3n) is 3.47.